The number of unbranched alkanes of at least 4 members (excludes halogenated alkanes) is 1. The molecule has 0 spiro atoms. The van der Waals surface area contributed by atoms with Crippen LogP contribution in [0.15, 0.2) is 18.2 Å². The van der Waals surface area contributed by atoms with E-state index in [4.69, 9.17) is 4.74 Å². The first-order valence-electron chi connectivity index (χ1n) is 6.25. The zero-order chi connectivity index (χ0) is 13.2. The lowest BCUT2D eigenvalue weighted by molar-refractivity contribution is -0.119. The van der Waals surface area contributed by atoms with Crippen LogP contribution in [0.1, 0.15) is 32.3 Å². The van der Waals surface area contributed by atoms with E-state index in [2.05, 4.69) is 17.9 Å². The lowest BCUT2D eigenvalue weighted by Gasteiger charge is -2.16. The van der Waals surface area contributed by atoms with Crippen molar-refractivity contribution >= 4 is 24.2 Å². The molecule has 0 aromatic heterocycles. The number of ether oxygens (including phenoxy) is 1. The topological polar surface area (TPSA) is 38.3 Å². The Morgan fingerprint density at radius 1 is 1.33 bits per heavy atom. The van der Waals surface area contributed by atoms with Crippen molar-refractivity contribution < 1.29 is 9.53 Å². The number of anilines is 1. The van der Waals surface area contributed by atoms with Crippen molar-refractivity contribution in [3.63, 3.8) is 0 Å². The number of rotatable bonds is 5. The maximum absolute atomic E-state index is 11.8. The molecule has 1 amide bonds. The molecule has 3 nitrogen and oxygen atoms in total. The van der Waals surface area contributed by atoms with Crippen LogP contribution in [0.2, 0.25) is 0 Å². The highest BCUT2D eigenvalue weighted by atomic mass is 32.1. The second kappa shape index (κ2) is 5.22. The number of nitrogens with one attached hydrogen (secondary N) is 1. The second-order valence-corrected chi connectivity index (χ2v) is 5.51. The fraction of sp³-hybridized carbons (Fsp3) is 0.500. The van der Waals surface area contributed by atoms with Crippen LogP contribution in [0.25, 0.3) is 0 Å². The van der Waals surface area contributed by atoms with Gasteiger partial charge in [-0.25, -0.2) is 0 Å². The average Bonchev–Trinajstić information content (AvgIpc) is 2.57. The lowest BCUT2D eigenvalue weighted by atomic mass is 9.86. The number of benzene rings is 1. The molecule has 0 saturated heterocycles. The third-order valence-corrected chi connectivity index (χ3v) is 3.62. The van der Waals surface area contributed by atoms with Gasteiger partial charge in [0.2, 0.25) is 5.91 Å². The van der Waals surface area contributed by atoms with Crippen molar-refractivity contribution in [1.82, 2.24) is 0 Å². The molecule has 0 aliphatic carbocycles. The third-order valence-electron chi connectivity index (χ3n) is 3.30. The molecule has 0 bridgehead atoms. The molecule has 4 heteroatoms. The maximum Gasteiger partial charge on any atom is 0.234 e. The normalized spacial score (nSPS) is 16.3. The molecule has 1 aliphatic rings. The Bertz CT molecular complexity index is 457. The molecular formula is C14H19NO2S. The largest absolute Gasteiger partial charge is 0.494 e. The fourth-order valence-electron chi connectivity index (χ4n) is 2.04. The SMILES string of the molecule is CC1(C)C(=O)Nc2ccc(OCCCCS)cc21. The monoisotopic (exact) mass is 265 g/mol. The van der Waals surface area contributed by atoms with Crippen molar-refractivity contribution in [2.75, 3.05) is 17.7 Å². The van der Waals surface area contributed by atoms with E-state index in [-0.39, 0.29) is 5.91 Å². The molecule has 18 heavy (non-hydrogen) atoms. The summed E-state index contributed by atoms with van der Waals surface area (Å²) in [5.41, 5.74) is 1.44. The van der Waals surface area contributed by atoms with Gasteiger partial charge in [0.25, 0.3) is 0 Å². The van der Waals surface area contributed by atoms with Gasteiger partial charge >= 0.3 is 0 Å². The fourth-order valence-corrected chi connectivity index (χ4v) is 2.27. The molecule has 0 radical (unpaired) electrons. The molecule has 0 fully saturated rings. The van der Waals surface area contributed by atoms with Crippen molar-refractivity contribution in [2.24, 2.45) is 0 Å². The minimum atomic E-state index is -0.472. The third kappa shape index (κ3) is 2.48. The van der Waals surface area contributed by atoms with Gasteiger partial charge in [-0.3, -0.25) is 4.79 Å². The van der Waals surface area contributed by atoms with E-state index in [1.165, 1.54) is 0 Å². The smallest absolute Gasteiger partial charge is 0.234 e. The van der Waals surface area contributed by atoms with Gasteiger partial charge in [-0.15, -0.1) is 0 Å². The van der Waals surface area contributed by atoms with Crippen LogP contribution >= 0.6 is 12.6 Å². The highest BCUT2D eigenvalue weighted by Crippen LogP contribution is 2.39. The van der Waals surface area contributed by atoms with Gasteiger partial charge < -0.3 is 10.1 Å². The van der Waals surface area contributed by atoms with Gasteiger partial charge in [-0.2, -0.15) is 12.6 Å². The summed E-state index contributed by atoms with van der Waals surface area (Å²) in [5.74, 6) is 1.76. The Hall–Kier alpha value is -1.16. The number of amides is 1. The van der Waals surface area contributed by atoms with Crippen LogP contribution in [-0.4, -0.2) is 18.3 Å². The molecule has 1 aromatic carbocycles. The number of hydrogen-bond acceptors (Lipinski definition) is 3. The summed E-state index contributed by atoms with van der Waals surface area (Å²) < 4.78 is 5.69. The first kappa shape index (κ1) is 13.3. The first-order valence-corrected chi connectivity index (χ1v) is 6.88. The van der Waals surface area contributed by atoms with Crippen molar-refractivity contribution in [3.8, 4) is 5.75 Å². The molecule has 1 aromatic rings. The minimum absolute atomic E-state index is 0.0460. The first-order chi connectivity index (χ1) is 8.55. The van der Waals surface area contributed by atoms with Crippen LogP contribution < -0.4 is 10.1 Å². The number of fused-ring (bicyclic) bond motifs is 1. The minimum Gasteiger partial charge on any atom is -0.494 e. The summed E-state index contributed by atoms with van der Waals surface area (Å²) in [6.45, 7) is 4.55. The number of carbonyl (C=O) groups is 1. The second-order valence-electron chi connectivity index (χ2n) is 5.07. The predicted molar refractivity (Wildman–Crippen MR) is 76.7 cm³/mol. The zero-order valence-electron chi connectivity index (χ0n) is 10.8. The summed E-state index contributed by atoms with van der Waals surface area (Å²) in [6, 6.07) is 5.78. The Morgan fingerprint density at radius 3 is 2.83 bits per heavy atom. The molecule has 98 valence electrons. The molecular weight excluding hydrogens is 246 g/mol. The summed E-state index contributed by atoms with van der Waals surface area (Å²) in [4.78, 5) is 11.8. The predicted octanol–water partition coefficient (Wildman–Crippen LogP) is 3.01. The maximum atomic E-state index is 11.8. The summed E-state index contributed by atoms with van der Waals surface area (Å²) in [5, 5.41) is 2.89. The number of hydrogen-bond donors (Lipinski definition) is 2. The van der Waals surface area contributed by atoms with E-state index in [1.54, 1.807) is 0 Å². The van der Waals surface area contributed by atoms with E-state index in [1.807, 2.05) is 32.0 Å². The number of thiol groups is 1. The highest BCUT2D eigenvalue weighted by Gasteiger charge is 2.38. The molecule has 2 rings (SSSR count). The Morgan fingerprint density at radius 2 is 2.11 bits per heavy atom. The Kier molecular flexibility index (Phi) is 3.85. The molecule has 1 N–H and O–H groups in total. The van der Waals surface area contributed by atoms with Crippen LogP contribution in [0, 0.1) is 0 Å². The average molecular weight is 265 g/mol. The van der Waals surface area contributed by atoms with Gasteiger partial charge in [-0.05, 0) is 56.2 Å². The van der Waals surface area contributed by atoms with Crippen molar-refractivity contribution in [1.29, 1.82) is 0 Å². The van der Waals surface area contributed by atoms with Crippen LogP contribution in [0.5, 0.6) is 5.75 Å². The van der Waals surface area contributed by atoms with Crippen LogP contribution in [-0.2, 0) is 10.2 Å². The van der Waals surface area contributed by atoms with E-state index >= 15 is 0 Å². The Balaban J connectivity index is 2.09. The molecule has 1 aliphatic heterocycles. The van der Waals surface area contributed by atoms with Crippen molar-refractivity contribution in [2.45, 2.75) is 32.1 Å². The Labute approximate surface area is 113 Å². The van der Waals surface area contributed by atoms with E-state index in [0.717, 1.165) is 35.6 Å². The van der Waals surface area contributed by atoms with Gasteiger partial charge in [0.05, 0.1) is 12.0 Å². The summed E-state index contributed by atoms with van der Waals surface area (Å²) in [7, 11) is 0. The van der Waals surface area contributed by atoms with Crippen LogP contribution in [0.4, 0.5) is 5.69 Å². The highest BCUT2D eigenvalue weighted by molar-refractivity contribution is 7.80. The van der Waals surface area contributed by atoms with E-state index < -0.39 is 5.41 Å². The lowest BCUT2D eigenvalue weighted by Crippen LogP contribution is -2.26. The van der Waals surface area contributed by atoms with Gasteiger partial charge in [-0.1, -0.05) is 0 Å². The van der Waals surface area contributed by atoms with Gasteiger partial charge in [0.1, 0.15) is 5.75 Å². The molecule has 0 saturated carbocycles. The van der Waals surface area contributed by atoms with Crippen molar-refractivity contribution in [3.05, 3.63) is 23.8 Å². The van der Waals surface area contributed by atoms with Crippen LogP contribution in [0.3, 0.4) is 0 Å². The van der Waals surface area contributed by atoms with E-state index in [0.29, 0.717) is 6.61 Å². The summed E-state index contributed by atoms with van der Waals surface area (Å²) >= 11 is 4.17. The zero-order valence-corrected chi connectivity index (χ0v) is 11.7. The number of carbonyl (C=O) groups excluding carboxylic acids is 1. The summed E-state index contributed by atoms with van der Waals surface area (Å²) in [6.07, 6.45) is 2.06. The van der Waals surface area contributed by atoms with Gasteiger partial charge in [0, 0.05) is 5.69 Å². The standard InChI is InChI=1S/C14H19NO2S/c1-14(2)11-9-10(17-7-3-4-8-18)5-6-12(11)15-13(14)16/h5-6,9,18H,3-4,7-8H2,1-2H3,(H,15,16). The quantitative estimate of drug-likeness (QED) is 0.634. The van der Waals surface area contributed by atoms with E-state index in [9.17, 15) is 4.79 Å². The molecule has 0 atom stereocenters. The molecule has 0 unspecified atom stereocenters. The molecule has 1 heterocycles. The van der Waals surface area contributed by atoms with Gasteiger partial charge in [0.15, 0.2) is 0 Å².